The lowest BCUT2D eigenvalue weighted by Gasteiger charge is -2.29. The van der Waals surface area contributed by atoms with E-state index >= 15 is 0 Å². The highest BCUT2D eigenvalue weighted by molar-refractivity contribution is 7.89. The van der Waals surface area contributed by atoms with E-state index in [1.54, 1.807) is 0 Å². The van der Waals surface area contributed by atoms with Crippen molar-refractivity contribution in [1.82, 2.24) is 10.0 Å². The van der Waals surface area contributed by atoms with Crippen LogP contribution in [-0.4, -0.2) is 27.5 Å². The van der Waals surface area contributed by atoms with E-state index in [2.05, 4.69) is 16.1 Å². The predicted molar refractivity (Wildman–Crippen MR) is 98.0 cm³/mol. The van der Waals surface area contributed by atoms with Crippen molar-refractivity contribution in [3.63, 3.8) is 0 Å². The third-order valence-corrected chi connectivity index (χ3v) is 6.78. The van der Waals surface area contributed by atoms with Crippen molar-refractivity contribution in [3.05, 3.63) is 28.3 Å². The van der Waals surface area contributed by atoms with Gasteiger partial charge in [-0.2, -0.15) is 0 Å². The summed E-state index contributed by atoms with van der Waals surface area (Å²) < 4.78 is 28.7. The van der Waals surface area contributed by atoms with Crippen LogP contribution in [0.5, 0.6) is 0 Å². The van der Waals surface area contributed by atoms with Gasteiger partial charge in [-0.3, -0.25) is 0 Å². The molecule has 1 aliphatic rings. The number of piperidine rings is 1. The first-order chi connectivity index (χ1) is 10.2. The maximum atomic E-state index is 12.9. The Bertz CT molecular complexity index is 627. The van der Waals surface area contributed by atoms with Gasteiger partial charge in [-0.15, -0.1) is 12.4 Å². The molecular weight excluding hydrogens is 332 g/mol. The lowest BCUT2D eigenvalue weighted by molar-refractivity contribution is 0.320. The van der Waals surface area contributed by atoms with Crippen LogP contribution in [-0.2, 0) is 10.0 Å². The summed E-state index contributed by atoms with van der Waals surface area (Å²) in [4.78, 5) is 0.459. The molecule has 0 radical (unpaired) electrons. The highest BCUT2D eigenvalue weighted by Gasteiger charge is 2.28. The van der Waals surface area contributed by atoms with Gasteiger partial charge in [0.25, 0.3) is 0 Å². The van der Waals surface area contributed by atoms with Gasteiger partial charge in [0, 0.05) is 6.04 Å². The Balaban J connectivity index is 0.00000264. The highest BCUT2D eigenvalue weighted by Crippen LogP contribution is 2.27. The van der Waals surface area contributed by atoms with Crippen molar-refractivity contribution < 1.29 is 8.42 Å². The number of hydrogen-bond acceptors (Lipinski definition) is 3. The van der Waals surface area contributed by atoms with E-state index < -0.39 is 10.0 Å². The van der Waals surface area contributed by atoms with Gasteiger partial charge >= 0.3 is 0 Å². The normalized spacial score (nSPS) is 20.0. The smallest absolute Gasteiger partial charge is 0.241 e. The fourth-order valence-corrected chi connectivity index (χ4v) is 5.22. The molecule has 1 aliphatic heterocycles. The number of nitrogens with one attached hydrogen (secondary N) is 2. The lowest BCUT2D eigenvalue weighted by Crippen LogP contribution is -2.44. The Hall–Kier alpha value is -0.620. The van der Waals surface area contributed by atoms with Gasteiger partial charge < -0.3 is 5.32 Å². The molecule has 0 spiro atoms. The summed E-state index contributed by atoms with van der Waals surface area (Å²) in [7, 11) is -3.49. The lowest BCUT2D eigenvalue weighted by atomic mass is 9.94. The minimum atomic E-state index is -3.49. The average molecular weight is 361 g/mol. The van der Waals surface area contributed by atoms with Gasteiger partial charge in [-0.1, -0.05) is 6.07 Å². The molecule has 1 heterocycles. The van der Waals surface area contributed by atoms with Gasteiger partial charge in [0.15, 0.2) is 0 Å². The second-order valence-electron chi connectivity index (χ2n) is 6.61. The zero-order valence-electron chi connectivity index (χ0n) is 14.7. The quantitative estimate of drug-likeness (QED) is 0.867. The maximum absolute atomic E-state index is 12.9. The van der Waals surface area contributed by atoms with E-state index in [0.717, 1.165) is 48.2 Å². The second kappa shape index (κ2) is 7.97. The van der Waals surface area contributed by atoms with E-state index in [0.29, 0.717) is 10.8 Å². The van der Waals surface area contributed by atoms with Crippen LogP contribution in [0.25, 0.3) is 0 Å². The van der Waals surface area contributed by atoms with Crippen molar-refractivity contribution in [2.24, 2.45) is 5.92 Å². The van der Waals surface area contributed by atoms with Crippen LogP contribution in [0.4, 0.5) is 0 Å². The minimum absolute atomic E-state index is 0. The minimum Gasteiger partial charge on any atom is -0.316 e. The molecule has 1 fully saturated rings. The molecule has 1 saturated heterocycles. The number of rotatable bonds is 4. The summed E-state index contributed by atoms with van der Waals surface area (Å²) in [5, 5.41) is 3.35. The Kier molecular flexibility index (Phi) is 7.08. The molecule has 2 atom stereocenters. The van der Waals surface area contributed by atoms with E-state index in [4.69, 9.17) is 0 Å². The molecule has 2 N–H and O–H groups in total. The highest BCUT2D eigenvalue weighted by atomic mass is 35.5. The third-order valence-electron chi connectivity index (χ3n) is 4.95. The zero-order valence-corrected chi connectivity index (χ0v) is 16.3. The predicted octanol–water partition coefficient (Wildman–Crippen LogP) is 3.01. The average Bonchev–Trinajstić information content (AvgIpc) is 2.45. The van der Waals surface area contributed by atoms with Crippen molar-refractivity contribution in [3.8, 4) is 0 Å². The summed E-state index contributed by atoms with van der Waals surface area (Å²) in [5.41, 5.74) is 3.75. The number of halogens is 1. The first-order valence-electron chi connectivity index (χ1n) is 8.04. The Morgan fingerprint density at radius 1 is 1.17 bits per heavy atom. The molecule has 23 heavy (non-hydrogen) atoms. The SMILES string of the molecule is Cc1cc(C)c(C)c(S(=O)(=O)NC(C)C2CCCNC2)c1C.Cl. The molecule has 6 heteroatoms. The van der Waals surface area contributed by atoms with Crippen molar-refractivity contribution in [1.29, 1.82) is 0 Å². The van der Waals surface area contributed by atoms with Crippen LogP contribution >= 0.6 is 12.4 Å². The van der Waals surface area contributed by atoms with E-state index in [1.165, 1.54) is 0 Å². The standard InChI is InChI=1S/C17H28N2O2S.ClH/c1-11-9-12(2)14(4)17(13(11)3)22(20,21)19-15(5)16-7-6-8-18-10-16;/h9,15-16,18-19H,6-8,10H2,1-5H3;1H. The van der Waals surface area contributed by atoms with Gasteiger partial charge in [-0.25, -0.2) is 13.1 Å². The van der Waals surface area contributed by atoms with Gasteiger partial charge in [-0.05, 0) is 88.7 Å². The molecule has 0 saturated carbocycles. The van der Waals surface area contributed by atoms with E-state index in [1.807, 2.05) is 34.6 Å². The van der Waals surface area contributed by atoms with Crippen LogP contribution in [0.15, 0.2) is 11.0 Å². The molecule has 4 nitrogen and oxygen atoms in total. The fourth-order valence-electron chi connectivity index (χ4n) is 3.29. The third kappa shape index (κ3) is 4.47. The molecular formula is C17H29ClN2O2S. The Labute approximate surface area is 146 Å². The summed E-state index contributed by atoms with van der Waals surface area (Å²) in [6.07, 6.45) is 2.18. The van der Waals surface area contributed by atoms with Crippen molar-refractivity contribution >= 4 is 22.4 Å². The Morgan fingerprint density at radius 3 is 2.22 bits per heavy atom. The number of aryl methyl sites for hydroxylation is 2. The molecule has 1 aromatic rings. The van der Waals surface area contributed by atoms with E-state index in [9.17, 15) is 8.42 Å². The first-order valence-corrected chi connectivity index (χ1v) is 9.53. The molecule has 2 rings (SSSR count). The van der Waals surface area contributed by atoms with Crippen LogP contribution in [0.3, 0.4) is 0 Å². The second-order valence-corrected chi connectivity index (χ2v) is 8.26. The van der Waals surface area contributed by atoms with Crippen LogP contribution in [0.2, 0.25) is 0 Å². The maximum Gasteiger partial charge on any atom is 0.241 e. The molecule has 2 unspecified atom stereocenters. The van der Waals surface area contributed by atoms with Gasteiger partial charge in [0.2, 0.25) is 10.0 Å². The van der Waals surface area contributed by atoms with E-state index in [-0.39, 0.29) is 18.4 Å². The summed E-state index contributed by atoms with van der Waals surface area (Å²) in [6.45, 7) is 11.6. The molecule has 1 aromatic carbocycles. The summed E-state index contributed by atoms with van der Waals surface area (Å²) >= 11 is 0. The number of benzene rings is 1. The fraction of sp³-hybridized carbons (Fsp3) is 0.647. The molecule has 0 aliphatic carbocycles. The van der Waals surface area contributed by atoms with Crippen LogP contribution in [0, 0.1) is 33.6 Å². The van der Waals surface area contributed by atoms with Gasteiger partial charge in [0.05, 0.1) is 4.90 Å². The molecule has 0 amide bonds. The monoisotopic (exact) mass is 360 g/mol. The number of sulfonamides is 1. The van der Waals surface area contributed by atoms with Gasteiger partial charge in [0.1, 0.15) is 0 Å². The summed E-state index contributed by atoms with van der Waals surface area (Å²) in [5.74, 6) is 0.357. The van der Waals surface area contributed by atoms with Crippen LogP contribution in [0.1, 0.15) is 42.0 Å². The van der Waals surface area contributed by atoms with Crippen molar-refractivity contribution in [2.75, 3.05) is 13.1 Å². The largest absolute Gasteiger partial charge is 0.316 e. The summed E-state index contributed by atoms with van der Waals surface area (Å²) in [6, 6.07) is 2.00. The Morgan fingerprint density at radius 2 is 1.74 bits per heavy atom. The van der Waals surface area contributed by atoms with Crippen LogP contribution < -0.4 is 10.0 Å². The molecule has 132 valence electrons. The number of hydrogen-bond donors (Lipinski definition) is 2. The zero-order chi connectivity index (χ0) is 16.5. The molecule has 0 bridgehead atoms. The topological polar surface area (TPSA) is 58.2 Å². The molecule has 0 aromatic heterocycles. The first kappa shape index (κ1) is 20.4. The van der Waals surface area contributed by atoms with Crippen molar-refractivity contribution in [2.45, 2.75) is 58.4 Å².